The van der Waals surface area contributed by atoms with Gasteiger partial charge in [-0.1, -0.05) is 12.1 Å². The van der Waals surface area contributed by atoms with Crippen LogP contribution in [0.25, 0.3) is 5.57 Å². The zero-order chi connectivity index (χ0) is 14.4. The van der Waals surface area contributed by atoms with Crippen molar-refractivity contribution in [2.75, 3.05) is 0 Å². The minimum atomic E-state index is -3.36. The van der Waals surface area contributed by atoms with Crippen LogP contribution in [0.4, 0.5) is 0 Å². The minimum absolute atomic E-state index is 0.281. The highest BCUT2D eigenvalue weighted by Crippen LogP contribution is 2.37. The van der Waals surface area contributed by atoms with Crippen LogP contribution in [0.1, 0.15) is 31.9 Å². The summed E-state index contributed by atoms with van der Waals surface area (Å²) in [6, 6.07) is 5.02. The summed E-state index contributed by atoms with van der Waals surface area (Å²) in [6.07, 6.45) is 0.298. The summed E-state index contributed by atoms with van der Waals surface area (Å²) in [5.74, 6) is -0.896. The van der Waals surface area contributed by atoms with Gasteiger partial charge in [0.2, 0.25) is 9.84 Å². The molecule has 1 aliphatic rings. The minimum Gasteiger partial charge on any atom is -0.481 e. The molecule has 0 radical (unpaired) electrons. The standard InChI is InChI=1S/C14H16O4S/c1-9-8-19(17,18)11-6-4-5-10(12(9)11)7-14(2,3)13(15)16/h4-6,8H,7H2,1-3H3,(H,15,16). The molecule has 0 unspecified atom stereocenters. The first-order valence-electron chi connectivity index (χ1n) is 5.94. The maximum absolute atomic E-state index is 11.9. The molecular weight excluding hydrogens is 264 g/mol. The number of carbonyl (C=O) groups is 1. The van der Waals surface area contributed by atoms with Crippen LogP contribution < -0.4 is 0 Å². The smallest absolute Gasteiger partial charge is 0.309 e. The number of fused-ring (bicyclic) bond motifs is 1. The topological polar surface area (TPSA) is 71.4 Å². The van der Waals surface area contributed by atoms with Crippen molar-refractivity contribution in [3.05, 3.63) is 34.7 Å². The fourth-order valence-corrected chi connectivity index (χ4v) is 3.87. The monoisotopic (exact) mass is 280 g/mol. The van der Waals surface area contributed by atoms with Gasteiger partial charge in [0, 0.05) is 11.0 Å². The van der Waals surface area contributed by atoms with E-state index in [0.717, 1.165) is 5.56 Å². The number of allylic oxidation sites excluding steroid dienone is 1. The Labute approximate surface area is 112 Å². The maximum Gasteiger partial charge on any atom is 0.309 e. The first-order chi connectivity index (χ1) is 8.65. The zero-order valence-corrected chi connectivity index (χ0v) is 11.9. The van der Waals surface area contributed by atoms with Gasteiger partial charge < -0.3 is 5.11 Å². The third-order valence-corrected chi connectivity index (χ3v) is 4.97. The van der Waals surface area contributed by atoms with Crippen LogP contribution >= 0.6 is 0 Å². The molecule has 0 bridgehead atoms. The van der Waals surface area contributed by atoms with Gasteiger partial charge in [-0.2, -0.15) is 0 Å². The Morgan fingerprint density at radius 2 is 1.95 bits per heavy atom. The van der Waals surface area contributed by atoms with Gasteiger partial charge >= 0.3 is 5.97 Å². The van der Waals surface area contributed by atoms with Crippen molar-refractivity contribution >= 4 is 21.4 Å². The molecule has 2 rings (SSSR count). The molecule has 102 valence electrons. The van der Waals surface area contributed by atoms with E-state index < -0.39 is 21.2 Å². The molecule has 1 aromatic carbocycles. The van der Waals surface area contributed by atoms with Gasteiger partial charge in [0.15, 0.2) is 0 Å². The molecular formula is C14H16O4S. The second kappa shape index (κ2) is 4.20. The van der Waals surface area contributed by atoms with Crippen LogP contribution in [0.2, 0.25) is 0 Å². The Kier molecular flexibility index (Phi) is 3.05. The lowest BCUT2D eigenvalue weighted by Gasteiger charge is -2.21. The van der Waals surface area contributed by atoms with Gasteiger partial charge in [-0.25, -0.2) is 8.42 Å². The molecule has 1 heterocycles. The molecule has 0 saturated carbocycles. The Morgan fingerprint density at radius 3 is 2.53 bits per heavy atom. The van der Waals surface area contributed by atoms with Gasteiger partial charge in [-0.15, -0.1) is 0 Å². The van der Waals surface area contributed by atoms with Crippen LogP contribution in [-0.2, 0) is 21.1 Å². The summed E-state index contributed by atoms with van der Waals surface area (Å²) < 4.78 is 23.8. The number of sulfone groups is 1. The third-order valence-electron chi connectivity index (χ3n) is 3.36. The summed E-state index contributed by atoms with van der Waals surface area (Å²) in [4.78, 5) is 11.5. The summed E-state index contributed by atoms with van der Waals surface area (Å²) in [6.45, 7) is 5.01. The van der Waals surface area contributed by atoms with Crippen LogP contribution in [0.15, 0.2) is 28.5 Å². The van der Waals surface area contributed by atoms with Crippen LogP contribution in [0.3, 0.4) is 0 Å². The quantitative estimate of drug-likeness (QED) is 0.923. The van der Waals surface area contributed by atoms with Gasteiger partial charge in [0.05, 0.1) is 10.3 Å². The summed E-state index contributed by atoms with van der Waals surface area (Å²) in [5, 5.41) is 10.4. The van der Waals surface area contributed by atoms with Crippen molar-refractivity contribution in [2.24, 2.45) is 5.41 Å². The summed E-state index contributed by atoms with van der Waals surface area (Å²) in [7, 11) is -3.36. The normalized spacial score (nSPS) is 16.9. The van der Waals surface area contributed by atoms with E-state index in [1.54, 1.807) is 39.0 Å². The molecule has 4 nitrogen and oxygen atoms in total. The van der Waals surface area contributed by atoms with Crippen LogP contribution in [0.5, 0.6) is 0 Å². The van der Waals surface area contributed by atoms with Gasteiger partial charge in [-0.05, 0) is 44.4 Å². The molecule has 5 heteroatoms. The number of rotatable bonds is 3. The van der Waals surface area contributed by atoms with Crippen molar-refractivity contribution in [3.63, 3.8) is 0 Å². The fraction of sp³-hybridized carbons (Fsp3) is 0.357. The fourth-order valence-electron chi connectivity index (χ4n) is 2.32. The Hall–Kier alpha value is -1.62. The first-order valence-corrected chi connectivity index (χ1v) is 7.49. The lowest BCUT2D eigenvalue weighted by atomic mass is 9.83. The molecule has 1 aromatic rings. The molecule has 0 saturated heterocycles. The number of benzene rings is 1. The van der Waals surface area contributed by atoms with Gasteiger partial charge in [0.1, 0.15) is 0 Å². The number of hydrogen-bond acceptors (Lipinski definition) is 3. The van der Waals surface area contributed by atoms with E-state index in [4.69, 9.17) is 0 Å². The molecule has 0 aromatic heterocycles. The average Bonchev–Trinajstić information content (AvgIpc) is 2.49. The molecule has 0 amide bonds. The summed E-state index contributed by atoms with van der Waals surface area (Å²) >= 11 is 0. The summed E-state index contributed by atoms with van der Waals surface area (Å²) in [5.41, 5.74) is 1.17. The SMILES string of the molecule is CC1=CS(=O)(=O)c2cccc(CC(C)(C)C(=O)O)c21. The van der Waals surface area contributed by atoms with Gasteiger partial charge in [-0.3, -0.25) is 4.79 Å². The highest BCUT2D eigenvalue weighted by molar-refractivity contribution is 7.95. The number of hydrogen-bond donors (Lipinski definition) is 1. The van der Waals surface area contributed by atoms with E-state index in [0.29, 0.717) is 17.6 Å². The van der Waals surface area contributed by atoms with Crippen molar-refractivity contribution in [1.82, 2.24) is 0 Å². The van der Waals surface area contributed by atoms with Crippen molar-refractivity contribution in [2.45, 2.75) is 32.1 Å². The largest absolute Gasteiger partial charge is 0.481 e. The second-order valence-corrected chi connectivity index (χ2v) is 7.27. The van der Waals surface area contributed by atoms with E-state index >= 15 is 0 Å². The number of carboxylic acids is 1. The van der Waals surface area contributed by atoms with Crippen molar-refractivity contribution < 1.29 is 18.3 Å². The van der Waals surface area contributed by atoms with E-state index in [9.17, 15) is 18.3 Å². The van der Waals surface area contributed by atoms with E-state index in [1.807, 2.05) is 0 Å². The number of carboxylic acid groups (broad SMARTS) is 1. The van der Waals surface area contributed by atoms with Crippen molar-refractivity contribution in [3.8, 4) is 0 Å². The predicted octanol–water partition coefficient (Wildman–Crippen LogP) is 2.49. The van der Waals surface area contributed by atoms with Crippen molar-refractivity contribution in [1.29, 1.82) is 0 Å². The molecule has 1 aliphatic heterocycles. The lowest BCUT2D eigenvalue weighted by molar-refractivity contribution is -0.146. The van der Waals surface area contributed by atoms with Gasteiger partial charge in [0.25, 0.3) is 0 Å². The van der Waals surface area contributed by atoms with E-state index in [1.165, 1.54) is 5.41 Å². The maximum atomic E-state index is 11.9. The second-order valence-electron chi connectivity index (χ2n) is 5.50. The molecule has 0 spiro atoms. The molecule has 19 heavy (non-hydrogen) atoms. The van der Waals surface area contributed by atoms with E-state index in [-0.39, 0.29) is 4.90 Å². The highest BCUT2D eigenvalue weighted by Gasteiger charge is 2.32. The first kappa shape index (κ1) is 13.8. The molecule has 0 aliphatic carbocycles. The number of aliphatic carboxylic acids is 1. The molecule has 1 N–H and O–H groups in total. The molecule has 0 fully saturated rings. The van der Waals surface area contributed by atoms with E-state index in [2.05, 4.69) is 0 Å². The Morgan fingerprint density at radius 1 is 1.32 bits per heavy atom. The van der Waals surface area contributed by atoms with Crippen LogP contribution in [0, 0.1) is 5.41 Å². The predicted molar refractivity (Wildman–Crippen MR) is 72.4 cm³/mol. The highest BCUT2D eigenvalue weighted by atomic mass is 32.2. The van der Waals surface area contributed by atoms with Crippen LogP contribution in [-0.4, -0.2) is 19.5 Å². The zero-order valence-electron chi connectivity index (χ0n) is 11.1. The average molecular weight is 280 g/mol. The molecule has 0 atom stereocenters. The Balaban J connectivity index is 2.56. The lowest BCUT2D eigenvalue weighted by Crippen LogP contribution is -2.26. The third kappa shape index (κ3) is 2.30. The Bertz CT molecular complexity index is 681.